The van der Waals surface area contributed by atoms with Crippen molar-refractivity contribution in [1.29, 1.82) is 0 Å². The van der Waals surface area contributed by atoms with Crippen molar-refractivity contribution >= 4 is 28.4 Å². The Bertz CT molecular complexity index is 1570. The highest BCUT2D eigenvalue weighted by Crippen LogP contribution is 2.34. The summed E-state index contributed by atoms with van der Waals surface area (Å²) in [7, 11) is 0. The summed E-state index contributed by atoms with van der Waals surface area (Å²) in [4.78, 5) is 48.5. The normalized spacial score (nSPS) is 15.6. The zero-order valence-electron chi connectivity index (χ0n) is 24.5. The number of aromatic nitrogens is 2. The van der Waals surface area contributed by atoms with E-state index in [-0.39, 0.29) is 10.9 Å². The predicted octanol–water partition coefficient (Wildman–Crippen LogP) is 4.08. The molecule has 3 N–H and O–H groups in total. The van der Waals surface area contributed by atoms with E-state index in [1.54, 1.807) is 32.0 Å². The highest BCUT2D eigenvalue weighted by Gasteiger charge is 2.33. The van der Waals surface area contributed by atoms with Crippen molar-refractivity contribution in [2.45, 2.75) is 64.8 Å². The summed E-state index contributed by atoms with van der Waals surface area (Å²) in [6.45, 7) is 10.8. The van der Waals surface area contributed by atoms with Crippen molar-refractivity contribution in [1.82, 2.24) is 19.8 Å². The average molecular weight is 605 g/mol. The lowest BCUT2D eigenvalue weighted by Gasteiger charge is -2.26. The Morgan fingerprint density at radius 3 is 2.35 bits per heavy atom. The van der Waals surface area contributed by atoms with Crippen LogP contribution in [-0.4, -0.2) is 64.5 Å². The number of alkyl halides is 3. The molecule has 232 valence electrons. The number of fused-ring (bicyclic) bond motifs is 1. The Labute approximate surface area is 246 Å². The molecule has 1 saturated heterocycles. The molecule has 9 nitrogen and oxygen atoms in total. The summed E-state index contributed by atoms with van der Waals surface area (Å²) in [6, 6.07) is 5.29. The minimum absolute atomic E-state index is 0.102. The molecule has 13 heteroatoms. The Kier molecular flexibility index (Phi) is 9.43. The van der Waals surface area contributed by atoms with E-state index >= 15 is 4.39 Å². The molecule has 0 bridgehead atoms. The number of nitrogens with one attached hydrogen (secondary N) is 1. The van der Waals surface area contributed by atoms with Crippen molar-refractivity contribution in [3.05, 3.63) is 58.1 Å². The van der Waals surface area contributed by atoms with E-state index in [1.165, 1.54) is 0 Å². The van der Waals surface area contributed by atoms with Gasteiger partial charge in [0.1, 0.15) is 17.7 Å². The first kappa shape index (κ1) is 31.9. The van der Waals surface area contributed by atoms with Gasteiger partial charge in [0, 0.05) is 44.0 Å². The molecule has 2 amide bonds. The smallest absolute Gasteiger partial charge is 0.370 e. The second kappa shape index (κ2) is 12.7. The second-order valence-corrected chi connectivity index (χ2v) is 11.3. The monoisotopic (exact) mass is 604 g/mol. The zero-order valence-corrected chi connectivity index (χ0v) is 24.5. The molecule has 1 unspecified atom stereocenters. The summed E-state index contributed by atoms with van der Waals surface area (Å²) >= 11 is 0. The van der Waals surface area contributed by atoms with Gasteiger partial charge in [-0.2, -0.15) is 13.2 Å². The molecular weight excluding hydrogens is 568 g/mol. The quantitative estimate of drug-likeness (QED) is 0.375. The molecular formula is C30H36F4N6O3. The lowest BCUT2D eigenvalue weighted by molar-refractivity contribution is -0.137. The van der Waals surface area contributed by atoms with Gasteiger partial charge in [-0.25, -0.2) is 9.37 Å². The molecule has 2 aromatic carbocycles. The molecule has 3 aromatic rings. The largest absolute Gasteiger partial charge is 0.416 e. The van der Waals surface area contributed by atoms with Gasteiger partial charge < -0.3 is 16.0 Å². The standard InChI is InChI=1S/C30H36F4N6O3/c1-17(2)36-28(42)25(16-26(35)41)40-27(21-8-6-19(14-23(21)31)30(32,33)34)37-24-9-7-20(15-22(24)29(40)43)39-11-5-10-38(12-13-39)18(3)4/h6-9,14-15,17-18,25H,5,10-13,16H2,1-4H3,(H2,35,41)(H,36,42). The van der Waals surface area contributed by atoms with Crippen LogP contribution in [0.25, 0.3) is 22.3 Å². The third kappa shape index (κ3) is 7.15. The van der Waals surface area contributed by atoms with Gasteiger partial charge in [0.25, 0.3) is 5.56 Å². The SMILES string of the molecule is CC(C)NC(=O)C(CC(N)=O)n1c(-c2ccc(C(F)(F)F)cc2F)nc2ccc(N3CCCN(C(C)C)CC3)cc2c1=O. The molecule has 1 fully saturated rings. The van der Waals surface area contributed by atoms with Crippen LogP contribution in [0, 0.1) is 5.82 Å². The maximum absolute atomic E-state index is 15.3. The number of nitrogens with zero attached hydrogens (tertiary/aromatic N) is 4. The van der Waals surface area contributed by atoms with Crippen LogP contribution in [0.1, 0.15) is 52.1 Å². The van der Waals surface area contributed by atoms with E-state index in [9.17, 15) is 27.6 Å². The van der Waals surface area contributed by atoms with Gasteiger partial charge in [0.05, 0.1) is 28.5 Å². The summed E-state index contributed by atoms with van der Waals surface area (Å²) in [5.41, 5.74) is 3.92. The average Bonchev–Trinajstić information content (AvgIpc) is 3.17. The summed E-state index contributed by atoms with van der Waals surface area (Å²) in [6.07, 6.45) is -4.53. The lowest BCUT2D eigenvalue weighted by atomic mass is 10.1. The molecule has 1 aliphatic heterocycles. The van der Waals surface area contributed by atoms with Crippen LogP contribution in [0.15, 0.2) is 41.2 Å². The summed E-state index contributed by atoms with van der Waals surface area (Å²) < 4.78 is 56.0. The highest BCUT2D eigenvalue weighted by atomic mass is 19.4. The molecule has 43 heavy (non-hydrogen) atoms. The summed E-state index contributed by atoms with van der Waals surface area (Å²) in [5, 5.41) is 2.74. The van der Waals surface area contributed by atoms with Gasteiger partial charge in [0.15, 0.2) is 0 Å². The minimum Gasteiger partial charge on any atom is -0.370 e. The Morgan fingerprint density at radius 1 is 1.02 bits per heavy atom. The number of hydrogen-bond donors (Lipinski definition) is 2. The minimum atomic E-state index is -4.81. The van der Waals surface area contributed by atoms with Gasteiger partial charge in [-0.1, -0.05) is 0 Å². The van der Waals surface area contributed by atoms with Gasteiger partial charge in [-0.3, -0.25) is 23.9 Å². The number of carbonyl (C=O) groups excluding carboxylic acids is 2. The number of carbonyl (C=O) groups is 2. The van der Waals surface area contributed by atoms with Gasteiger partial charge in [-0.15, -0.1) is 0 Å². The topological polar surface area (TPSA) is 114 Å². The fraction of sp³-hybridized carbons (Fsp3) is 0.467. The third-order valence-electron chi connectivity index (χ3n) is 7.49. The van der Waals surface area contributed by atoms with Crippen molar-refractivity contribution in [2.75, 3.05) is 31.1 Å². The van der Waals surface area contributed by atoms with Crippen molar-refractivity contribution in [3.8, 4) is 11.4 Å². The Morgan fingerprint density at radius 2 is 1.74 bits per heavy atom. The first-order valence-corrected chi connectivity index (χ1v) is 14.2. The third-order valence-corrected chi connectivity index (χ3v) is 7.49. The number of anilines is 1. The van der Waals surface area contributed by atoms with E-state index in [1.807, 2.05) is 0 Å². The van der Waals surface area contributed by atoms with E-state index in [0.29, 0.717) is 24.7 Å². The van der Waals surface area contributed by atoms with Gasteiger partial charge in [-0.05, 0) is 70.5 Å². The van der Waals surface area contributed by atoms with Crippen molar-refractivity contribution < 1.29 is 27.2 Å². The number of nitrogens with two attached hydrogens (primary N) is 1. The molecule has 2 heterocycles. The first-order valence-electron chi connectivity index (χ1n) is 14.2. The van der Waals surface area contributed by atoms with Crippen LogP contribution in [0.5, 0.6) is 0 Å². The van der Waals surface area contributed by atoms with Crippen LogP contribution >= 0.6 is 0 Å². The predicted molar refractivity (Wildman–Crippen MR) is 156 cm³/mol. The van der Waals surface area contributed by atoms with Crippen molar-refractivity contribution in [2.24, 2.45) is 5.73 Å². The molecule has 1 aromatic heterocycles. The van der Waals surface area contributed by atoms with Crippen LogP contribution in [0.4, 0.5) is 23.2 Å². The van der Waals surface area contributed by atoms with Gasteiger partial charge >= 0.3 is 6.18 Å². The highest BCUT2D eigenvalue weighted by molar-refractivity contribution is 5.89. The van der Waals surface area contributed by atoms with E-state index in [2.05, 4.69) is 33.9 Å². The fourth-order valence-corrected chi connectivity index (χ4v) is 5.32. The summed E-state index contributed by atoms with van der Waals surface area (Å²) in [5.74, 6) is -3.36. The number of amides is 2. The van der Waals surface area contributed by atoms with E-state index < -0.39 is 64.8 Å². The Balaban J connectivity index is 1.93. The number of benzene rings is 2. The van der Waals surface area contributed by atoms with Crippen LogP contribution in [-0.2, 0) is 15.8 Å². The Hall–Kier alpha value is -4.00. The number of rotatable bonds is 8. The zero-order chi connectivity index (χ0) is 31.6. The van der Waals surface area contributed by atoms with Crippen LogP contribution < -0.4 is 21.5 Å². The van der Waals surface area contributed by atoms with E-state index in [4.69, 9.17) is 5.73 Å². The number of halogens is 4. The van der Waals surface area contributed by atoms with Crippen LogP contribution in [0.2, 0.25) is 0 Å². The molecule has 0 spiro atoms. The molecule has 0 saturated carbocycles. The molecule has 4 rings (SSSR count). The van der Waals surface area contributed by atoms with E-state index in [0.717, 1.165) is 42.4 Å². The van der Waals surface area contributed by atoms with Crippen molar-refractivity contribution in [3.63, 3.8) is 0 Å². The number of hydrogen-bond acceptors (Lipinski definition) is 6. The van der Waals surface area contributed by atoms with Crippen LogP contribution in [0.3, 0.4) is 0 Å². The fourth-order valence-electron chi connectivity index (χ4n) is 5.32. The van der Waals surface area contributed by atoms with Gasteiger partial charge in [0.2, 0.25) is 11.8 Å². The maximum Gasteiger partial charge on any atom is 0.416 e. The molecule has 1 atom stereocenters. The lowest BCUT2D eigenvalue weighted by Crippen LogP contribution is -2.42. The maximum atomic E-state index is 15.3. The number of primary amides is 1. The second-order valence-electron chi connectivity index (χ2n) is 11.3. The molecule has 0 aliphatic carbocycles. The molecule has 1 aliphatic rings. The molecule has 0 radical (unpaired) electrons. The first-order chi connectivity index (χ1) is 20.2.